The molecule has 0 heterocycles. The Morgan fingerprint density at radius 2 is 1.29 bits per heavy atom. The second-order valence-corrected chi connectivity index (χ2v) is 19.0. The van der Waals surface area contributed by atoms with Crippen LogP contribution in [0.15, 0.2) is 121 Å². The summed E-state index contributed by atoms with van der Waals surface area (Å²) >= 11 is 0. The molecule has 0 bridgehead atoms. The van der Waals surface area contributed by atoms with Crippen LogP contribution in [0.5, 0.6) is 5.75 Å². The first-order valence-corrected chi connectivity index (χ1v) is 21.3. The molecule has 48 heavy (non-hydrogen) atoms. The number of nitrogens with one attached hydrogen (secondary N) is 2. The average molecular weight is 681 g/mol. The summed E-state index contributed by atoms with van der Waals surface area (Å²) in [4.78, 5) is 0. The standard InChI is InChI=1S/C40H48N2O4SSi/c1-5-48(6-2,7-3)46-40(36-24-25-39(38(28-36)42-47(4,43)44)45-30-32-18-12-9-13-19-32)29-41-37(26-31-16-10-8-11-17-31)35-23-22-33-20-14-15-21-34(33)27-35/h8-25,27-28,37,40-42H,5-7,26,29-30H2,1-4H3. The van der Waals surface area contributed by atoms with Crippen LogP contribution in [0.4, 0.5) is 5.69 Å². The van der Waals surface area contributed by atoms with Gasteiger partial charge in [0.05, 0.1) is 18.0 Å². The molecule has 0 aliphatic carbocycles. The summed E-state index contributed by atoms with van der Waals surface area (Å²) in [6.07, 6.45) is 1.69. The minimum atomic E-state index is -3.57. The molecule has 0 amide bonds. The van der Waals surface area contributed by atoms with Crippen LogP contribution in [-0.4, -0.2) is 29.5 Å². The van der Waals surface area contributed by atoms with Crippen LogP contribution in [-0.2, 0) is 27.5 Å². The second-order valence-electron chi connectivity index (χ2n) is 12.5. The first-order valence-electron chi connectivity index (χ1n) is 16.9. The van der Waals surface area contributed by atoms with Crippen molar-refractivity contribution in [3.63, 3.8) is 0 Å². The maximum absolute atomic E-state index is 12.5. The van der Waals surface area contributed by atoms with Crippen molar-refractivity contribution in [1.82, 2.24) is 5.32 Å². The van der Waals surface area contributed by atoms with Gasteiger partial charge in [0, 0.05) is 12.6 Å². The predicted molar refractivity (Wildman–Crippen MR) is 202 cm³/mol. The highest BCUT2D eigenvalue weighted by molar-refractivity contribution is 7.92. The van der Waals surface area contributed by atoms with E-state index in [1.807, 2.05) is 54.6 Å². The summed E-state index contributed by atoms with van der Waals surface area (Å²) in [5, 5.41) is 6.32. The highest BCUT2D eigenvalue weighted by Crippen LogP contribution is 2.35. The van der Waals surface area contributed by atoms with Crippen LogP contribution in [0.25, 0.3) is 10.8 Å². The van der Waals surface area contributed by atoms with Crippen LogP contribution < -0.4 is 14.8 Å². The van der Waals surface area contributed by atoms with Gasteiger partial charge in [-0.15, -0.1) is 0 Å². The molecule has 2 atom stereocenters. The molecule has 252 valence electrons. The molecule has 2 N–H and O–H groups in total. The van der Waals surface area contributed by atoms with E-state index in [2.05, 4.69) is 97.5 Å². The van der Waals surface area contributed by atoms with Crippen molar-refractivity contribution in [2.24, 2.45) is 0 Å². The highest BCUT2D eigenvalue weighted by Gasteiger charge is 2.33. The number of hydrogen-bond donors (Lipinski definition) is 2. The zero-order chi connectivity index (χ0) is 34.0. The van der Waals surface area contributed by atoms with E-state index >= 15 is 0 Å². The molecule has 0 aromatic heterocycles. The minimum Gasteiger partial charge on any atom is -0.487 e. The van der Waals surface area contributed by atoms with Gasteiger partial charge in [-0.2, -0.15) is 0 Å². The van der Waals surface area contributed by atoms with Crippen molar-refractivity contribution in [2.75, 3.05) is 17.5 Å². The molecule has 5 aromatic carbocycles. The fourth-order valence-electron chi connectivity index (χ4n) is 6.25. The maximum atomic E-state index is 12.5. The van der Waals surface area contributed by atoms with Gasteiger partial charge in [-0.25, -0.2) is 8.42 Å². The van der Waals surface area contributed by atoms with Crippen molar-refractivity contribution >= 4 is 34.8 Å². The van der Waals surface area contributed by atoms with Gasteiger partial charge < -0.3 is 14.5 Å². The summed E-state index contributed by atoms with van der Waals surface area (Å²) in [5.41, 5.74) is 4.78. The summed E-state index contributed by atoms with van der Waals surface area (Å²) < 4.78 is 41.1. The third-order valence-corrected chi connectivity index (χ3v) is 14.5. The average Bonchev–Trinajstić information content (AvgIpc) is 3.11. The molecule has 0 radical (unpaired) electrons. The smallest absolute Gasteiger partial charge is 0.229 e. The minimum absolute atomic E-state index is 0.0335. The molecular weight excluding hydrogens is 633 g/mol. The lowest BCUT2D eigenvalue weighted by atomic mass is 9.96. The van der Waals surface area contributed by atoms with Crippen molar-refractivity contribution in [1.29, 1.82) is 0 Å². The third-order valence-electron chi connectivity index (χ3n) is 9.24. The SMILES string of the molecule is CC[Si](CC)(CC)OC(CNC(Cc1ccccc1)c1ccc2ccccc2c1)c1ccc(OCc2ccccc2)c(NS(C)(=O)=O)c1. The number of rotatable bonds is 17. The van der Waals surface area contributed by atoms with E-state index in [1.165, 1.54) is 21.9 Å². The molecule has 0 aliphatic rings. The molecule has 0 spiro atoms. The second kappa shape index (κ2) is 16.4. The number of benzene rings is 5. The fraction of sp³-hybridized carbons (Fsp3) is 0.300. The van der Waals surface area contributed by atoms with E-state index in [9.17, 15) is 8.42 Å². The zero-order valence-electron chi connectivity index (χ0n) is 28.5. The summed E-state index contributed by atoms with van der Waals surface area (Å²) in [5.74, 6) is 0.475. The van der Waals surface area contributed by atoms with E-state index in [4.69, 9.17) is 9.16 Å². The first kappa shape index (κ1) is 35.4. The summed E-state index contributed by atoms with van der Waals surface area (Å²) in [7, 11) is -5.64. The van der Waals surface area contributed by atoms with E-state index in [-0.39, 0.29) is 12.1 Å². The molecule has 2 unspecified atom stereocenters. The van der Waals surface area contributed by atoms with Gasteiger partial charge in [0.25, 0.3) is 0 Å². The van der Waals surface area contributed by atoms with Crippen molar-refractivity contribution in [3.8, 4) is 5.75 Å². The summed E-state index contributed by atoms with van der Waals surface area (Å²) in [6.45, 7) is 7.57. The largest absolute Gasteiger partial charge is 0.487 e. The molecule has 0 saturated heterocycles. The molecule has 5 aromatic rings. The first-order chi connectivity index (χ1) is 23.2. The normalized spacial score (nSPS) is 13.2. The van der Waals surface area contributed by atoms with Gasteiger partial charge >= 0.3 is 0 Å². The van der Waals surface area contributed by atoms with Crippen molar-refractivity contribution < 1.29 is 17.6 Å². The molecule has 0 saturated carbocycles. The van der Waals surface area contributed by atoms with Crippen LogP contribution >= 0.6 is 0 Å². The lowest BCUT2D eigenvalue weighted by molar-refractivity contribution is 0.181. The molecule has 8 heteroatoms. The monoisotopic (exact) mass is 680 g/mol. The van der Waals surface area contributed by atoms with Gasteiger partial charge in [0.2, 0.25) is 10.0 Å². The Morgan fingerprint density at radius 3 is 1.94 bits per heavy atom. The molecule has 0 fully saturated rings. The number of hydrogen-bond acceptors (Lipinski definition) is 5. The highest BCUT2D eigenvalue weighted by atomic mass is 32.2. The predicted octanol–water partition coefficient (Wildman–Crippen LogP) is 9.43. The van der Waals surface area contributed by atoms with Crippen molar-refractivity contribution in [2.45, 2.75) is 64.1 Å². The van der Waals surface area contributed by atoms with E-state index in [0.717, 1.165) is 41.9 Å². The van der Waals surface area contributed by atoms with Gasteiger partial charge in [0.1, 0.15) is 12.4 Å². The molecule has 6 nitrogen and oxygen atoms in total. The molecule has 0 aliphatic heterocycles. The van der Waals surface area contributed by atoms with Crippen LogP contribution in [0.2, 0.25) is 18.1 Å². The molecular formula is C40H48N2O4SSi. The number of sulfonamides is 1. The maximum Gasteiger partial charge on any atom is 0.229 e. The topological polar surface area (TPSA) is 76.7 Å². The molecule has 5 rings (SSSR count). The van der Waals surface area contributed by atoms with Gasteiger partial charge in [-0.05, 0) is 75.8 Å². The lowest BCUT2D eigenvalue weighted by Gasteiger charge is -2.35. The third kappa shape index (κ3) is 9.57. The Morgan fingerprint density at radius 1 is 0.688 bits per heavy atom. The van der Waals surface area contributed by atoms with Crippen LogP contribution in [0.3, 0.4) is 0 Å². The Hall–Kier alpha value is -3.95. The van der Waals surface area contributed by atoms with E-state index < -0.39 is 18.3 Å². The van der Waals surface area contributed by atoms with E-state index in [1.54, 1.807) is 0 Å². The van der Waals surface area contributed by atoms with Gasteiger partial charge in [-0.3, -0.25) is 4.72 Å². The Kier molecular flexibility index (Phi) is 12.1. The van der Waals surface area contributed by atoms with E-state index in [0.29, 0.717) is 24.6 Å². The van der Waals surface area contributed by atoms with Gasteiger partial charge in [0.15, 0.2) is 8.32 Å². The van der Waals surface area contributed by atoms with Crippen LogP contribution in [0, 0.1) is 0 Å². The number of fused-ring (bicyclic) bond motifs is 1. The number of ether oxygens (including phenoxy) is 1. The summed E-state index contributed by atoms with van der Waals surface area (Å²) in [6, 6.07) is 44.3. The number of anilines is 1. The quantitative estimate of drug-likeness (QED) is 0.0958. The van der Waals surface area contributed by atoms with Crippen molar-refractivity contribution in [3.05, 3.63) is 144 Å². The Labute approximate surface area is 287 Å². The van der Waals surface area contributed by atoms with Gasteiger partial charge in [-0.1, -0.05) is 124 Å². The Balaban J connectivity index is 1.49. The fourth-order valence-corrected chi connectivity index (χ4v) is 9.63. The Bertz CT molecular complexity index is 1860. The van der Waals surface area contributed by atoms with Crippen LogP contribution in [0.1, 0.15) is 55.2 Å². The zero-order valence-corrected chi connectivity index (χ0v) is 30.3. The lowest BCUT2D eigenvalue weighted by Crippen LogP contribution is -2.40.